The zero-order valence-electron chi connectivity index (χ0n) is 17.2. The summed E-state index contributed by atoms with van der Waals surface area (Å²) in [7, 11) is 0. The van der Waals surface area contributed by atoms with E-state index in [1.54, 1.807) is 4.90 Å². The van der Waals surface area contributed by atoms with E-state index >= 15 is 0 Å². The minimum absolute atomic E-state index is 0.0438. The number of likely N-dealkylation sites (tertiary alicyclic amines) is 1. The van der Waals surface area contributed by atoms with Gasteiger partial charge in [-0.25, -0.2) is 9.78 Å². The van der Waals surface area contributed by atoms with Crippen LogP contribution in [0.1, 0.15) is 32.8 Å². The summed E-state index contributed by atoms with van der Waals surface area (Å²) < 4.78 is 6.03. The van der Waals surface area contributed by atoms with E-state index in [1.807, 2.05) is 48.5 Å². The first-order valence-electron chi connectivity index (χ1n) is 10.1. The SMILES string of the molecule is CC(C)(C)c1ccc(NC(=O)N2CCC(Oc3ccc4ccccc4n3)C2)cc1. The van der Waals surface area contributed by atoms with Gasteiger partial charge in [0, 0.05) is 30.1 Å². The van der Waals surface area contributed by atoms with Crippen molar-refractivity contribution >= 4 is 22.6 Å². The molecule has 2 aromatic carbocycles. The van der Waals surface area contributed by atoms with E-state index in [2.05, 4.69) is 43.2 Å². The summed E-state index contributed by atoms with van der Waals surface area (Å²) in [6.45, 7) is 7.75. The summed E-state index contributed by atoms with van der Waals surface area (Å²) in [5, 5.41) is 4.07. The van der Waals surface area contributed by atoms with Gasteiger partial charge in [0.1, 0.15) is 6.10 Å². The van der Waals surface area contributed by atoms with Gasteiger partial charge < -0.3 is 15.0 Å². The molecule has 0 saturated carbocycles. The quantitative estimate of drug-likeness (QED) is 0.668. The maximum Gasteiger partial charge on any atom is 0.321 e. The van der Waals surface area contributed by atoms with Crippen molar-refractivity contribution in [1.29, 1.82) is 0 Å². The molecule has 5 heteroatoms. The molecule has 0 radical (unpaired) electrons. The van der Waals surface area contributed by atoms with Crippen LogP contribution in [0, 0.1) is 0 Å². The van der Waals surface area contributed by atoms with Crippen molar-refractivity contribution in [2.45, 2.75) is 38.7 Å². The Labute approximate surface area is 171 Å². The molecule has 5 nitrogen and oxygen atoms in total. The van der Waals surface area contributed by atoms with Crippen LogP contribution in [-0.4, -0.2) is 35.1 Å². The zero-order valence-corrected chi connectivity index (χ0v) is 17.2. The number of nitrogens with zero attached hydrogens (tertiary/aromatic N) is 2. The van der Waals surface area contributed by atoms with Crippen molar-refractivity contribution < 1.29 is 9.53 Å². The first-order chi connectivity index (χ1) is 13.9. The highest BCUT2D eigenvalue weighted by Crippen LogP contribution is 2.24. The van der Waals surface area contributed by atoms with Gasteiger partial charge in [0.15, 0.2) is 0 Å². The van der Waals surface area contributed by atoms with Crippen molar-refractivity contribution in [3.05, 3.63) is 66.2 Å². The summed E-state index contributed by atoms with van der Waals surface area (Å²) in [6.07, 6.45) is 0.753. The molecule has 150 valence electrons. The second-order valence-electron chi connectivity index (χ2n) is 8.57. The highest BCUT2D eigenvalue weighted by molar-refractivity contribution is 5.89. The van der Waals surface area contributed by atoms with E-state index in [9.17, 15) is 4.79 Å². The van der Waals surface area contributed by atoms with Crippen LogP contribution in [0.25, 0.3) is 10.9 Å². The Morgan fingerprint density at radius 3 is 2.59 bits per heavy atom. The average molecular weight is 389 g/mol. The smallest absolute Gasteiger partial charge is 0.321 e. The Hall–Kier alpha value is -3.08. The van der Waals surface area contributed by atoms with Gasteiger partial charge in [0.2, 0.25) is 5.88 Å². The molecular weight excluding hydrogens is 362 g/mol. The van der Waals surface area contributed by atoms with Gasteiger partial charge >= 0.3 is 6.03 Å². The van der Waals surface area contributed by atoms with Gasteiger partial charge in [-0.15, -0.1) is 0 Å². The predicted octanol–water partition coefficient (Wildman–Crippen LogP) is 5.22. The predicted molar refractivity (Wildman–Crippen MR) is 117 cm³/mol. The van der Waals surface area contributed by atoms with Crippen LogP contribution in [0.3, 0.4) is 0 Å². The topological polar surface area (TPSA) is 54.5 Å². The number of urea groups is 1. The first-order valence-corrected chi connectivity index (χ1v) is 10.1. The lowest BCUT2D eigenvalue weighted by atomic mass is 9.87. The zero-order chi connectivity index (χ0) is 20.4. The number of fused-ring (bicyclic) bond motifs is 1. The van der Waals surface area contributed by atoms with Crippen LogP contribution in [0.15, 0.2) is 60.7 Å². The number of hydrogen-bond acceptors (Lipinski definition) is 3. The molecular formula is C24H27N3O2. The Kier molecular flexibility index (Phi) is 5.14. The molecule has 1 fully saturated rings. The van der Waals surface area contributed by atoms with Crippen molar-refractivity contribution in [2.75, 3.05) is 18.4 Å². The molecule has 0 aliphatic carbocycles. The summed E-state index contributed by atoms with van der Waals surface area (Å²) in [5.74, 6) is 0.605. The first kappa shape index (κ1) is 19.2. The van der Waals surface area contributed by atoms with E-state index in [0.29, 0.717) is 19.0 Å². The molecule has 3 aromatic rings. The van der Waals surface area contributed by atoms with E-state index in [0.717, 1.165) is 23.0 Å². The standard InChI is InChI=1S/C24H27N3O2/c1-24(2,3)18-9-11-19(12-10-18)25-23(28)27-15-14-20(16-27)29-22-13-8-17-6-4-5-7-21(17)26-22/h4-13,20H,14-16H2,1-3H3,(H,25,28). The Morgan fingerprint density at radius 1 is 1.07 bits per heavy atom. The molecule has 1 aliphatic rings. The second-order valence-corrected chi connectivity index (χ2v) is 8.57. The number of pyridine rings is 1. The molecule has 0 bridgehead atoms. The fourth-order valence-electron chi connectivity index (χ4n) is 3.55. The van der Waals surface area contributed by atoms with E-state index in [1.165, 1.54) is 5.56 Å². The summed E-state index contributed by atoms with van der Waals surface area (Å²) >= 11 is 0. The Bertz CT molecular complexity index is 1010. The van der Waals surface area contributed by atoms with E-state index < -0.39 is 0 Å². The number of amides is 2. The molecule has 1 aliphatic heterocycles. The fraction of sp³-hybridized carbons (Fsp3) is 0.333. The van der Waals surface area contributed by atoms with Crippen molar-refractivity contribution in [1.82, 2.24) is 9.88 Å². The maximum absolute atomic E-state index is 12.6. The van der Waals surface area contributed by atoms with Gasteiger partial charge in [-0.05, 0) is 35.2 Å². The number of anilines is 1. The van der Waals surface area contributed by atoms with Crippen LogP contribution >= 0.6 is 0 Å². The van der Waals surface area contributed by atoms with Crippen LogP contribution in [0.4, 0.5) is 10.5 Å². The molecule has 29 heavy (non-hydrogen) atoms. The number of aromatic nitrogens is 1. The van der Waals surface area contributed by atoms with Gasteiger partial charge in [0.05, 0.1) is 12.1 Å². The molecule has 1 aromatic heterocycles. The van der Waals surface area contributed by atoms with Crippen LogP contribution in [0.5, 0.6) is 5.88 Å². The Balaban J connectivity index is 1.34. The summed E-state index contributed by atoms with van der Waals surface area (Å²) in [6, 6.07) is 19.8. The van der Waals surface area contributed by atoms with Crippen LogP contribution in [0.2, 0.25) is 0 Å². The number of hydrogen-bond donors (Lipinski definition) is 1. The maximum atomic E-state index is 12.6. The number of carbonyl (C=O) groups excluding carboxylic acids is 1. The van der Waals surface area contributed by atoms with E-state index in [4.69, 9.17) is 4.74 Å². The molecule has 1 atom stereocenters. The number of carbonyl (C=O) groups is 1. The van der Waals surface area contributed by atoms with Gasteiger partial charge in [-0.1, -0.05) is 51.1 Å². The average Bonchev–Trinajstić information content (AvgIpc) is 3.16. The van der Waals surface area contributed by atoms with E-state index in [-0.39, 0.29) is 17.6 Å². The second kappa shape index (κ2) is 7.74. The number of benzene rings is 2. The Morgan fingerprint density at radius 2 is 1.83 bits per heavy atom. The summed E-state index contributed by atoms with van der Waals surface area (Å²) in [4.78, 5) is 19.0. The number of ether oxygens (including phenoxy) is 1. The lowest BCUT2D eigenvalue weighted by Gasteiger charge is -2.20. The lowest BCUT2D eigenvalue weighted by Crippen LogP contribution is -2.34. The lowest BCUT2D eigenvalue weighted by molar-refractivity contribution is 0.190. The third-order valence-corrected chi connectivity index (χ3v) is 5.29. The van der Waals surface area contributed by atoms with Crippen molar-refractivity contribution in [2.24, 2.45) is 0 Å². The third kappa shape index (κ3) is 4.50. The molecule has 2 heterocycles. The number of para-hydroxylation sites is 1. The summed E-state index contributed by atoms with van der Waals surface area (Å²) in [5.41, 5.74) is 3.06. The highest BCUT2D eigenvalue weighted by Gasteiger charge is 2.28. The third-order valence-electron chi connectivity index (χ3n) is 5.29. The molecule has 1 saturated heterocycles. The number of nitrogens with one attached hydrogen (secondary N) is 1. The monoisotopic (exact) mass is 389 g/mol. The fourth-order valence-corrected chi connectivity index (χ4v) is 3.55. The molecule has 4 rings (SSSR count). The van der Waals surface area contributed by atoms with Gasteiger partial charge in [-0.3, -0.25) is 0 Å². The normalized spacial score (nSPS) is 16.8. The van der Waals surface area contributed by atoms with Crippen molar-refractivity contribution in [3.8, 4) is 5.88 Å². The molecule has 0 spiro atoms. The van der Waals surface area contributed by atoms with Gasteiger partial charge in [0.25, 0.3) is 0 Å². The number of rotatable bonds is 3. The minimum Gasteiger partial charge on any atom is -0.472 e. The van der Waals surface area contributed by atoms with Gasteiger partial charge in [-0.2, -0.15) is 0 Å². The molecule has 1 N–H and O–H groups in total. The minimum atomic E-state index is -0.0916. The van der Waals surface area contributed by atoms with Crippen molar-refractivity contribution in [3.63, 3.8) is 0 Å². The molecule has 1 unspecified atom stereocenters. The van der Waals surface area contributed by atoms with Crippen LogP contribution < -0.4 is 10.1 Å². The largest absolute Gasteiger partial charge is 0.472 e. The molecule has 2 amide bonds. The van der Waals surface area contributed by atoms with Crippen LogP contribution in [-0.2, 0) is 5.41 Å². The highest BCUT2D eigenvalue weighted by atomic mass is 16.5.